The van der Waals surface area contributed by atoms with Crippen LogP contribution in [-0.4, -0.2) is 18.4 Å². The Labute approximate surface area is 122 Å². The molecule has 0 saturated carbocycles. The van der Waals surface area contributed by atoms with Crippen LogP contribution in [0.1, 0.15) is 15.9 Å². The number of rotatable bonds is 6. The number of allylic oxidation sites excluding steroid dienone is 1. The van der Waals surface area contributed by atoms with Gasteiger partial charge >= 0.3 is 0 Å². The van der Waals surface area contributed by atoms with Crippen LogP contribution < -0.4 is 9.84 Å². The third kappa shape index (κ3) is 4.62. The molecule has 0 aliphatic rings. The predicted molar refractivity (Wildman–Crippen MR) is 76.8 cm³/mol. The van der Waals surface area contributed by atoms with Gasteiger partial charge in [0.05, 0.1) is 5.97 Å². The maximum atomic E-state index is 11.9. The molecule has 2 aromatic rings. The summed E-state index contributed by atoms with van der Waals surface area (Å²) in [5.41, 5.74) is 1.45. The van der Waals surface area contributed by atoms with Gasteiger partial charge in [-0.1, -0.05) is 48.5 Å². The summed E-state index contributed by atoms with van der Waals surface area (Å²) in [6.07, 6.45) is 3.18. The first-order valence-electron chi connectivity index (χ1n) is 6.35. The topological polar surface area (TPSA) is 66.4 Å². The number of carbonyl (C=O) groups is 2. The zero-order chi connectivity index (χ0) is 15.1. The van der Waals surface area contributed by atoms with E-state index in [4.69, 9.17) is 4.74 Å². The molecular formula is C17H13O4-. The van der Waals surface area contributed by atoms with E-state index in [0.717, 1.165) is 5.56 Å². The molecule has 2 rings (SSSR count). The Morgan fingerprint density at radius 3 is 2.29 bits per heavy atom. The Bertz CT molecular complexity index is 642. The fraction of sp³-hybridized carbons (Fsp3) is 0.0588. The molecule has 0 unspecified atom stereocenters. The second-order valence-electron chi connectivity index (χ2n) is 4.29. The fourth-order valence-electron chi connectivity index (χ4n) is 1.69. The van der Waals surface area contributed by atoms with Crippen molar-refractivity contribution in [2.24, 2.45) is 0 Å². The standard InChI is InChI=1S/C17H14O4/c18-16(14-4-2-1-3-5-14)11-8-13-6-9-15(10-7-13)21-12-17(19)20/h1-11H,12H2,(H,19,20)/p-1/b11-8+. The van der Waals surface area contributed by atoms with Gasteiger partial charge in [0, 0.05) is 5.56 Å². The highest BCUT2D eigenvalue weighted by Gasteiger charge is 1.99. The van der Waals surface area contributed by atoms with E-state index >= 15 is 0 Å². The molecule has 106 valence electrons. The Balaban J connectivity index is 1.98. The summed E-state index contributed by atoms with van der Waals surface area (Å²) in [5, 5.41) is 10.3. The van der Waals surface area contributed by atoms with E-state index in [2.05, 4.69) is 0 Å². The summed E-state index contributed by atoms with van der Waals surface area (Å²) in [6, 6.07) is 15.7. The van der Waals surface area contributed by atoms with E-state index < -0.39 is 12.6 Å². The molecule has 0 aliphatic heterocycles. The number of carboxylic acids is 1. The van der Waals surface area contributed by atoms with Gasteiger partial charge in [-0.05, 0) is 23.8 Å². The molecule has 2 aromatic carbocycles. The summed E-state index contributed by atoms with van der Waals surface area (Å²) in [4.78, 5) is 22.1. The van der Waals surface area contributed by atoms with Crippen LogP contribution in [0.3, 0.4) is 0 Å². The number of hydrogen-bond donors (Lipinski definition) is 0. The molecule has 0 atom stereocenters. The molecule has 4 heteroatoms. The Kier molecular flexibility index (Phi) is 4.88. The maximum absolute atomic E-state index is 11.9. The van der Waals surface area contributed by atoms with Crippen LogP contribution in [0, 0.1) is 0 Å². The molecular weight excluding hydrogens is 268 g/mol. The Morgan fingerprint density at radius 1 is 1.00 bits per heavy atom. The van der Waals surface area contributed by atoms with Crippen LogP contribution in [0.15, 0.2) is 60.7 Å². The molecule has 0 fully saturated rings. The number of ketones is 1. The average Bonchev–Trinajstić information content (AvgIpc) is 2.52. The van der Waals surface area contributed by atoms with Gasteiger partial charge in [-0.15, -0.1) is 0 Å². The zero-order valence-electron chi connectivity index (χ0n) is 11.2. The van der Waals surface area contributed by atoms with E-state index in [1.807, 2.05) is 18.2 Å². The summed E-state index contributed by atoms with van der Waals surface area (Å²) in [5.74, 6) is -0.911. The van der Waals surface area contributed by atoms with Crippen molar-refractivity contribution in [2.45, 2.75) is 0 Å². The molecule has 0 amide bonds. The van der Waals surface area contributed by atoms with E-state index in [9.17, 15) is 14.7 Å². The highest BCUT2D eigenvalue weighted by molar-refractivity contribution is 6.06. The highest BCUT2D eigenvalue weighted by Crippen LogP contribution is 2.13. The first kappa shape index (κ1) is 14.5. The number of aliphatic carboxylic acids is 1. The summed E-state index contributed by atoms with van der Waals surface area (Å²) >= 11 is 0. The molecule has 0 radical (unpaired) electrons. The number of ether oxygens (including phenoxy) is 1. The molecule has 0 bridgehead atoms. The van der Waals surface area contributed by atoms with Crippen LogP contribution in [0.4, 0.5) is 0 Å². The van der Waals surface area contributed by atoms with E-state index in [0.29, 0.717) is 11.3 Å². The second kappa shape index (κ2) is 7.05. The number of carbonyl (C=O) groups excluding carboxylic acids is 2. The van der Waals surface area contributed by atoms with Crippen molar-refractivity contribution in [2.75, 3.05) is 6.61 Å². The van der Waals surface area contributed by atoms with Gasteiger partial charge in [-0.3, -0.25) is 4.79 Å². The highest BCUT2D eigenvalue weighted by atomic mass is 16.5. The molecule has 21 heavy (non-hydrogen) atoms. The molecule has 0 spiro atoms. The molecule has 0 saturated heterocycles. The Hall–Kier alpha value is -2.88. The SMILES string of the molecule is O=C([O-])COc1ccc(/C=C/C(=O)c2ccccc2)cc1. The van der Waals surface area contributed by atoms with Crippen LogP contribution in [0.25, 0.3) is 6.08 Å². The first-order valence-corrected chi connectivity index (χ1v) is 6.35. The predicted octanol–water partition coefficient (Wildman–Crippen LogP) is 1.71. The number of benzene rings is 2. The lowest BCUT2D eigenvalue weighted by molar-refractivity contribution is -0.307. The van der Waals surface area contributed by atoms with Crippen LogP contribution in [-0.2, 0) is 4.79 Å². The van der Waals surface area contributed by atoms with E-state index in [1.165, 1.54) is 6.08 Å². The van der Waals surface area contributed by atoms with Gasteiger partial charge in [0.15, 0.2) is 5.78 Å². The third-order valence-corrected chi connectivity index (χ3v) is 2.72. The molecule has 0 aliphatic carbocycles. The zero-order valence-corrected chi connectivity index (χ0v) is 11.2. The van der Waals surface area contributed by atoms with Gasteiger partial charge in [0.2, 0.25) is 0 Å². The second-order valence-corrected chi connectivity index (χ2v) is 4.29. The summed E-state index contributed by atoms with van der Waals surface area (Å²) in [6.45, 7) is -0.484. The Morgan fingerprint density at radius 2 is 1.67 bits per heavy atom. The minimum Gasteiger partial charge on any atom is -0.546 e. The largest absolute Gasteiger partial charge is 0.546 e. The summed E-state index contributed by atoms with van der Waals surface area (Å²) < 4.78 is 4.96. The average molecular weight is 281 g/mol. The van der Waals surface area contributed by atoms with Crippen molar-refractivity contribution in [1.82, 2.24) is 0 Å². The minimum absolute atomic E-state index is 0.0760. The normalized spacial score (nSPS) is 10.5. The van der Waals surface area contributed by atoms with Gasteiger partial charge in [-0.2, -0.15) is 0 Å². The maximum Gasteiger partial charge on any atom is 0.185 e. The molecule has 0 N–H and O–H groups in total. The van der Waals surface area contributed by atoms with Crippen molar-refractivity contribution in [3.05, 3.63) is 71.8 Å². The van der Waals surface area contributed by atoms with E-state index in [-0.39, 0.29) is 5.78 Å². The van der Waals surface area contributed by atoms with Crippen molar-refractivity contribution < 1.29 is 19.4 Å². The van der Waals surface area contributed by atoms with Crippen molar-refractivity contribution in [3.8, 4) is 5.75 Å². The number of hydrogen-bond acceptors (Lipinski definition) is 4. The van der Waals surface area contributed by atoms with Crippen molar-refractivity contribution in [3.63, 3.8) is 0 Å². The quantitative estimate of drug-likeness (QED) is 0.597. The smallest absolute Gasteiger partial charge is 0.185 e. The van der Waals surface area contributed by atoms with Crippen LogP contribution in [0.5, 0.6) is 5.75 Å². The van der Waals surface area contributed by atoms with Crippen molar-refractivity contribution in [1.29, 1.82) is 0 Å². The molecule has 0 heterocycles. The number of carboxylic acid groups (broad SMARTS) is 1. The lowest BCUT2D eigenvalue weighted by Gasteiger charge is -2.06. The van der Waals surface area contributed by atoms with E-state index in [1.54, 1.807) is 42.5 Å². The molecule has 0 aromatic heterocycles. The van der Waals surface area contributed by atoms with Gasteiger partial charge in [0.25, 0.3) is 0 Å². The van der Waals surface area contributed by atoms with Gasteiger partial charge in [-0.25, -0.2) is 0 Å². The lowest BCUT2D eigenvalue weighted by atomic mass is 10.1. The molecule has 4 nitrogen and oxygen atoms in total. The third-order valence-electron chi connectivity index (χ3n) is 2.72. The van der Waals surface area contributed by atoms with Gasteiger partial charge < -0.3 is 14.6 Å². The first-order chi connectivity index (χ1) is 10.1. The lowest BCUT2D eigenvalue weighted by Crippen LogP contribution is -2.28. The van der Waals surface area contributed by atoms with Gasteiger partial charge in [0.1, 0.15) is 12.4 Å². The van der Waals surface area contributed by atoms with Crippen LogP contribution in [0.2, 0.25) is 0 Å². The fourth-order valence-corrected chi connectivity index (χ4v) is 1.69. The van der Waals surface area contributed by atoms with Crippen molar-refractivity contribution >= 4 is 17.8 Å². The monoisotopic (exact) mass is 281 g/mol. The van der Waals surface area contributed by atoms with Crippen LogP contribution >= 0.6 is 0 Å². The summed E-state index contributed by atoms with van der Waals surface area (Å²) in [7, 11) is 0. The minimum atomic E-state index is -1.27.